The monoisotopic (exact) mass is 218 g/mol. The zero-order valence-electron chi connectivity index (χ0n) is 8.27. The van der Waals surface area contributed by atoms with Gasteiger partial charge in [-0.1, -0.05) is 6.92 Å². The van der Waals surface area contributed by atoms with Gasteiger partial charge >= 0.3 is 11.9 Å². The van der Waals surface area contributed by atoms with Gasteiger partial charge in [-0.25, -0.2) is 4.79 Å². The van der Waals surface area contributed by atoms with Gasteiger partial charge in [0.15, 0.2) is 0 Å². The molecule has 7 heteroatoms. The number of hydrogen-bond donors (Lipinski definition) is 4. The Bertz CT molecular complexity index is 266. The topological polar surface area (TPSA) is 130 Å². The highest BCUT2D eigenvalue weighted by molar-refractivity contribution is 5.88. The highest BCUT2D eigenvalue weighted by Crippen LogP contribution is 1.95. The van der Waals surface area contributed by atoms with Crippen molar-refractivity contribution in [2.75, 3.05) is 0 Å². The van der Waals surface area contributed by atoms with Crippen molar-refractivity contribution in [3.8, 4) is 0 Å². The highest BCUT2D eigenvalue weighted by atomic mass is 16.4. The van der Waals surface area contributed by atoms with Crippen molar-refractivity contribution in [3.63, 3.8) is 0 Å². The summed E-state index contributed by atoms with van der Waals surface area (Å²) in [6.45, 7) is 1.66. The van der Waals surface area contributed by atoms with E-state index in [4.69, 9.17) is 15.9 Å². The number of nitrogens with two attached hydrogens (primary N) is 1. The van der Waals surface area contributed by atoms with Gasteiger partial charge in [-0.2, -0.15) is 0 Å². The number of carbonyl (C=O) groups is 3. The van der Waals surface area contributed by atoms with Gasteiger partial charge in [0.25, 0.3) is 0 Å². The van der Waals surface area contributed by atoms with Crippen molar-refractivity contribution in [2.24, 2.45) is 5.73 Å². The summed E-state index contributed by atoms with van der Waals surface area (Å²) in [6.07, 6.45) is -0.317. The molecule has 0 aliphatic carbocycles. The Balaban J connectivity index is 4.35. The Morgan fingerprint density at radius 2 is 1.87 bits per heavy atom. The number of amides is 1. The lowest BCUT2D eigenvalue weighted by Crippen LogP contribution is -2.48. The van der Waals surface area contributed by atoms with Crippen LogP contribution in [0.25, 0.3) is 0 Å². The van der Waals surface area contributed by atoms with E-state index in [-0.39, 0.29) is 0 Å². The van der Waals surface area contributed by atoms with E-state index in [2.05, 4.69) is 5.32 Å². The van der Waals surface area contributed by atoms with Crippen LogP contribution in [0.2, 0.25) is 0 Å². The summed E-state index contributed by atoms with van der Waals surface area (Å²) in [5.41, 5.74) is 5.34. The lowest BCUT2D eigenvalue weighted by Gasteiger charge is -2.15. The van der Waals surface area contributed by atoms with Gasteiger partial charge in [0.2, 0.25) is 5.91 Å². The van der Waals surface area contributed by atoms with Gasteiger partial charge in [0.1, 0.15) is 6.04 Å². The molecule has 0 rings (SSSR count). The molecule has 0 aliphatic rings. The van der Waals surface area contributed by atoms with E-state index in [9.17, 15) is 14.4 Å². The second kappa shape index (κ2) is 5.97. The molecule has 5 N–H and O–H groups in total. The molecular formula is C8H14N2O5. The fraction of sp³-hybridized carbons (Fsp3) is 0.625. The first kappa shape index (κ1) is 13.4. The number of carboxylic acids is 2. The van der Waals surface area contributed by atoms with Crippen LogP contribution >= 0.6 is 0 Å². The zero-order valence-corrected chi connectivity index (χ0v) is 8.27. The summed E-state index contributed by atoms with van der Waals surface area (Å²) >= 11 is 0. The number of aliphatic carboxylic acids is 2. The summed E-state index contributed by atoms with van der Waals surface area (Å²) in [5, 5.41) is 19.1. The maximum Gasteiger partial charge on any atom is 0.326 e. The normalized spacial score (nSPS) is 14.0. The van der Waals surface area contributed by atoms with Crippen molar-refractivity contribution in [1.29, 1.82) is 0 Å². The van der Waals surface area contributed by atoms with E-state index in [1.165, 1.54) is 0 Å². The number of carbonyl (C=O) groups excluding carboxylic acids is 1. The van der Waals surface area contributed by atoms with Crippen LogP contribution in [-0.2, 0) is 14.4 Å². The van der Waals surface area contributed by atoms with Crippen molar-refractivity contribution >= 4 is 17.8 Å². The predicted molar refractivity (Wildman–Crippen MR) is 50.1 cm³/mol. The van der Waals surface area contributed by atoms with Crippen molar-refractivity contribution in [2.45, 2.75) is 31.8 Å². The van der Waals surface area contributed by atoms with Crippen LogP contribution < -0.4 is 11.1 Å². The first-order chi connectivity index (χ1) is 6.88. The summed E-state index contributed by atoms with van der Waals surface area (Å²) in [5.74, 6) is -3.35. The second-order valence-corrected chi connectivity index (χ2v) is 3.01. The summed E-state index contributed by atoms with van der Waals surface area (Å²) in [4.78, 5) is 32.0. The molecule has 7 nitrogen and oxygen atoms in total. The Morgan fingerprint density at radius 1 is 1.33 bits per heavy atom. The molecule has 86 valence electrons. The Hall–Kier alpha value is -1.63. The molecule has 1 amide bonds. The fourth-order valence-corrected chi connectivity index (χ4v) is 0.839. The third-order valence-electron chi connectivity index (χ3n) is 1.77. The Morgan fingerprint density at radius 3 is 2.20 bits per heavy atom. The van der Waals surface area contributed by atoms with Crippen molar-refractivity contribution in [1.82, 2.24) is 5.32 Å². The molecule has 0 aromatic heterocycles. The Labute approximate surface area is 86.3 Å². The third-order valence-corrected chi connectivity index (χ3v) is 1.77. The van der Waals surface area contributed by atoms with Gasteiger partial charge in [-0.3, -0.25) is 9.59 Å². The van der Waals surface area contributed by atoms with Crippen molar-refractivity contribution < 1.29 is 24.6 Å². The van der Waals surface area contributed by atoms with Crippen LogP contribution in [0.3, 0.4) is 0 Å². The predicted octanol–water partition coefficient (Wildman–Crippen LogP) is -1.23. The van der Waals surface area contributed by atoms with E-state index >= 15 is 0 Å². The van der Waals surface area contributed by atoms with E-state index in [0.717, 1.165) is 0 Å². The molecule has 0 fully saturated rings. The lowest BCUT2D eigenvalue weighted by atomic mass is 10.1. The van der Waals surface area contributed by atoms with Crippen molar-refractivity contribution in [3.05, 3.63) is 0 Å². The maximum atomic E-state index is 11.2. The quantitative estimate of drug-likeness (QED) is 0.441. The summed E-state index contributed by atoms with van der Waals surface area (Å²) < 4.78 is 0. The van der Waals surface area contributed by atoms with Gasteiger partial charge in [0.05, 0.1) is 12.5 Å². The van der Waals surface area contributed by atoms with Crippen LogP contribution in [0.4, 0.5) is 0 Å². The maximum absolute atomic E-state index is 11.2. The van der Waals surface area contributed by atoms with Crippen LogP contribution in [-0.4, -0.2) is 40.1 Å². The zero-order chi connectivity index (χ0) is 12.0. The molecule has 1 unspecified atom stereocenters. The summed E-state index contributed by atoms with van der Waals surface area (Å²) in [6, 6.07) is -2.26. The molecule has 0 saturated carbocycles. The van der Waals surface area contributed by atoms with Gasteiger partial charge in [-0.05, 0) is 6.42 Å². The molecular weight excluding hydrogens is 204 g/mol. The molecule has 0 heterocycles. The SMILES string of the molecule is CCC(N)C(=O)N[C@@H](CC(=O)O)C(=O)O. The Kier molecular flexibility index (Phi) is 5.32. The molecule has 0 radical (unpaired) electrons. The van der Waals surface area contributed by atoms with Gasteiger partial charge < -0.3 is 21.3 Å². The highest BCUT2D eigenvalue weighted by Gasteiger charge is 2.24. The number of hydrogen-bond acceptors (Lipinski definition) is 4. The average molecular weight is 218 g/mol. The molecule has 0 aliphatic heterocycles. The lowest BCUT2D eigenvalue weighted by molar-refractivity contribution is -0.147. The first-order valence-corrected chi connectivity index (χ1v) is 4.39. The van der Waals surface area contributed by atoms with Crippen LogP contribution in [0.1, 0.15) is 19.8 Å². The van der Waals surface area contributed by atoms with Crippen LogP contribution in [0.15, 0.2) is 0 Å². The largest absolute Gasteiger partial charge is 0.481 e. The fourth-order valence-electron chi connectivity index (χ4n) is 0.839. The molecule has 0 aromatic rings. The molecule has 15 heavy (non-hydrogen) atoms. The smallest absolute Gasteiger partial charge is 0.326 e. The minimum Gasteiger partial charge on any atom is -0.481 e. The average Bonchev–Trinajstić information content (AvgIpc) is 2.14. The van der Waals surface area contributed by atoms with E-state index in [0.29, 0.717) is 6.42 Å². The molecule has 2 atom stereocenters. The molecule has 0 bridgehead atoms. The molecule has 0 saturated heterocycles. The summed E-state index contributed by atoms with van der Waals surface area (Å²) in [7, 11) is 0. The third kappa shape index (κ3) is 4.96. The number of nitrogens with one attached hydrogen (secondary N) is 1. The first-order valence-electron chi connectivity index (χ1n) is 4.39. The minimum atomic E-state index is -1.44. The van der Waals surface area contributed by atoms with Gasteiger partial charge in [-0.15, -0.1) is 0 Å². The van der Waals surface area contributed by atoms with E-state index in [1.807, 2.05) is 0 Å². The number of carboxylic acid groups (broad SMARTS) is 2. The van der Waals surface area contributed by atoms with E-state index in [1.54, 1.807) is 6.92 Å². The van der Waals surface area contributed by atoms with Crippen LogP contribution in [0.5, 0.6) is 0 Å². The molecule has 0 aromatic carbocycles. The number of rotatable bonds is 6. The van der Waals surface area contributed by atoms with Crippen LogP contribution in [0, 0.1) is 0 Å². The minimum absolute atomic E-state index is 0.352. The standard InChI is InChI=1S/C8H14N2O5/c1-2-4(9)7(13)10-5(8(14)15)3-6(11)12/h4-5H,2-3,9H2,1H3,(H,10,13)(H,11,12)(H,14,15)/t4?,5-/m0/s1. The van der Waals surface area contributed by atoms with Gasteiger partial charge in [0, 0.05) is 0 Å². The molecule has 0 spiro atoms. The van der Waals surface area contributed by atoms with E-state index < -0.39 is 36.4 Å². The second-order valence-electron chi connectivity index (χ2n) is 3.01.